The highest BCUT2D eigenvalue weighted by Crippen LogP contribution is 2.24. The number of aliphatic carboxylic acids is 1. The number of hydrogen-bond acceptors (Lipinski definition) is 2. The third kappa shape index (κ3) is 2.36. The number of carboxylic acids is 1. The molecule has 82 valence electrons. The second kappa shape index (κ2) is 4.45. The standard InChI is InChI=1S/C12H17NO2/c1-7-5-4-6-8(2)10(7)9(3)11(13)12(14)15/h4-6,9,11H,13H2,1-3H3,(H,14,15)/t9-,11+/m1/s1. The quantitative estimate of drug-likeness (QED) is 0.743. The van der Waals surface area contributed by atoms with E-state index in [9.17, 15) is 9.90 Å². The summed E-state index contributed by atoms with van der Waals surface area (Å²) in [6, 6.07) is 5.24. The summed E-state index contributed by atoms with van der Waals surface area (Å²) in [6.07, 6.45) is 0. The minimum absolute atomic E-state index is 0.115. The lowest BCUT2D eigenvalue weighted by molar-refractivity contribution is -0.441. The summed E-state index contributed by atoms with van der Waals surface area (Å²) in [7, 11) is 0. The molecule has 0 unspecified atom stereocenters. The van der Waals surface area contributed by atoms with Crippen LogP contribution in [0.5, 0.6) is 0 Å². The average molecular weight is 207 g/mol. The fraction of sp³-hybridized carbons (Fsp3) is 0.417. The lowest BCUT2D eigenvalue weighted by Crippen LogP contribution is -2.70. The van der Waals surface area contributed by atoms with Crippen molar-refractivity contribution < 1.29 is 15.6 Å². The van der Waals surface area contributed by atoms with E-state index in [-0.39, 0.29) is 5.92 Å². The van der Waals surface area contributed by atoms with Gasteiger partial charge in [-0.15, -0.1) is 0 Å². The van der Waals surface area contributed by atoms with Crippen molar-refractivity contribution in [2.75, 3.05) is 0 Å². The number of carbonyl (C=O) groups excluding carboxylic acids is 1. The Bertz CT molecular complexity index is 354. The topological polar surface area (TPSA) is 67.8 Å². The van der Waals surface area contributed by atoms with Crippen molar-refractivity contribution in [3.63, 3.8) is 0 Å². The number of hydrogen-bond donors (Lipinski definition) is 1. The van der Waals surface area contributed by atoms with E-state index in [1.165, 1.54) is 0 Å². The molecule has 0 spiro atoms. The van der Waals surface area contributed by atoms with Gasteiger partial charge in [0.2, 0.25) is 0 Å². The van der Waals surface area contributed by atoms with Gasteiger partial charge in [-0.2, -0.15) is 0 Å². The minimum atomic E-state index is -1.09. The molecule has 0 bridgehead atoms. The van der Waals surface area contributed by atoms with Gasteiger partial charge in [0.05, 0.1) is 5.97 Å². The van der Waals surface area contributed by atoms with E-state index in [1.54, 1.807) is 0 Å². The molecule has 1 rings (SSSR count). The Balaban J connectivity index is 3.10. The van der Waals surface area contributed by atoms with Crippen LogP contribution in [-0.2, 0) is 4.79 Å². The zero-order valence-electron chi connectivity index (χ0n) is 9.41. The summed E-state index contributed by atoms with van der Waals surface area (Å²) in [4.78, 5) is 10.8. The molecular formula is C12H17NO2. The normalized spacial score (nSPS) is 14.7. The molecular weight excluding hydrogens is 190 g/mol. The number of carboxylic acid groups (broad SMARTS) is 1. The summed E-state index contributed by atoms with van der Waals surface area (Å²) in [6.45, 7) is 5.85. The second-order valence-corrected chi connectivity index (χ2v) is 4.02. The van der Waals surface area contributed by atoms with Crippen molar-refractivity contribution in [1.82, 2.24) is 0 Å². The molecule has 0 radical (unpaired) electrons. The second-order valence-electron chi connectivity index (χ2n) is 4.02. The number of rotatable bonds is 3. The maximum Gasteiger partial charge on any atom is 0.131 e. The van der Waals surface area contributed by atoms with Crippen LogP contribution in [0.15, 0.2) is 18.2 Å². The predicted octanol–water partition coefficient (Wildman–Crippen LogP) is -0.233. The van der Waals surface area contributed by atoms with Crippen LogP contribution < -0.4 is 10.8 Å². The first-order valence-corrected chi connectivity index (χ1v) is 5.05. The minimum Gasteiger partial charge on any atom is -0.544 e. The molecule has 0 aromatic heterocycles. The summed E-state index contributed by atoms with van der Waals surface area (Å²) < 4.78 is 0. The van der Waals surface area contributed by atoms with Crippen LogP contribution in [0.2, 0.25) is 0 Å². The van der Waals surface area contributed by atoms with Crippen LogP contribution in [0.1, 0.15) is 29.5 Å². The van der Waals surface area contributed by atoms with Crippen LogP contribution in [0.25, 0.3) is 0 Å². The molecule has 2 atom stereocenters. The fourth-order valence-electron chi connectivity index (χ4n) is 1.95. The molecule has 0 heterocycles. The zero-order chi connectivity index (χ0) is 11.6. The molecule has 1 aromatic rings. The van der Waals surface area contributed by atoms with Crippen LogP contribution in [0, 0.1) is 13.8 Å². The molecule has 0 fully saturated rings. The van der Waals surface area contributed by atoms with Crippen molar-refractivity contribution in [3.05, 3.63) is 34.9 Å². The molecule has 3 N–H and O–H groups in total. The Morgan fingerprint density at radius 2 is 1.80 bits per heavy atom. The summed E-state index contributed by atoms with van der Waals surface area (Å²) >= 11 is 0. The monoisotopic (exact) mass is 207 g/mol. The van der Waals surface area contributed by atoms with Gasteiger partial charge < -0.3 is 15.6 Å². The largest absolute Gasteiger partial charge is 0.544 e. The molecule has 0 saturated carbocycles. The first-order valence-electron chi connectivity index (χ1n) is 5.05. The molecule has 0 saturated heterocycles. The lowest BCUT2D eigenvalue weighted by atomic mass is 9.87. The highest BCUT2D eigenvalue weighted by Gasteiger charge is 2.22. The SMILES string of the molecule is Cc1cccc(C)c1[C@@H](C)[C@H]([NH3+])C(=O)[O-]. The van der Waals surface area contributed by atoms with Crippen LogP contribution in [0.3, 0.4) is 0 Å². The van der Waals surface area contributed by atoms with Crippen molar-refractivity contribution in [2.45, 2.75) is 32.7 Å². The van der Waals surface area contributed by atoms with Crippen molar-refractivity contribution in [2.24, 2.45) is 0 Å². The van der Waals surface area contributed by atoms with E-state index in [1.807, 2.05) is 39.0 Å². The van der Waals surface area contributed by atoms with Crippen LogP contribution >= 0.6 is 0 Å². The van der Waals surface area contributed by atoms with Gasteiger partial charge in [-0.1, -0.05) is 25.1 Å². The Morgan fingerprint density at radius 1 is 1.33 bits per heavy atom. The van der Waals surface area contributed by atoms with Gasteiger partial charge in [0.1, 0.15) is 6.04 Å². The smallest absolute Gasteiger partial charge is 0.131 e. The van der Waals surface area contributed by atoms with E-state index >= 15 is 0 Å². The van der Waals surface area contributed by atoms with Crippen LogP contribution in [0.4, 0.5) is 0 Å². The van der Waals surface area contributed by atoms with Gasteiger partial charge >= 0.3 is 0 Å². The van der Waals surface area contributed by atoms with Gasteiger partial charge in [0.25, 0.3) is 0 Å². The van der Waals surface area contributed by atoms with Crippen molar-refractivity contribution in [1.29, 1.82) is 0 Å². The third-order valence-electron chi connectivity index (χ3n) is 2.90. The molecule has 0 aliphatic rings. The van der Waals surface area contributed by atoms with Gasteiger partial charge in [-0.05, 0) is 30.5 Å². The molecule has 3 heteroatoms. The summed E-state index contributed by atoms with van der Waals surface area (Å²) in [5.74, 6) is -1.21. The Kier molecular flexibility index (Phi) is 3.48. The van der Waals surface area contributed by atoms with E-state index in [4.69, 9.17) is 0 Å². The van der Waals surface area contributed by atoms with E-state index in [0.717, 1.165) is 16.7 Å². The summed E-state index contributed by atoms with van der Waals surface area (Å²) in [5.41, 5.74) is 6.92. The molecule has 15 heavy (non-hydrogen) atoms. The van der Waals surface area contributed by atoms with Crippen molar-refractivity contribution in [3.8, 4) is 0 Å². The molecule has 0 aliphatic carbocycles. The Labute approximate surface area is 89.9 Å². The van der Waals surface area contributed by atoms with E-state index < -0.39 is 12.0 Å². The molecule has 0 aliphatic heterocycles. The maximum absolute atomic E-state index is 10.8. The van der Waals surface area contributed by atoms with Crippen LogP contribution in [-0.4, -0.2) is 12.0 Å². The third-order valence-corrected chi connectivity index (χ3v) is 2.90. The first kappa shape index (κ1) is 11.7. The van der Waals surface area contributed by atoms with Gasteiger partial charge in [0, 0.05) is 5.92 Å². The van der Waals surface area contributed by atoms with E-state index in [0.29, 0.717) is 0 Å². The Morgan fingerprint density at radius 3 is 2.20 bits per heavy atom. The predicted molar refractivity (Wildman–Crippen MR) is 56.0 cm³/mol. The van der Waals surface area contributed by atoms with Gasteiger partial charge in [-0.3, -0.25) is 0 Å². The average Bonchev–Trinajstić information content (AvgIpc) is 2.15. The highest BCUT2D eigenvalue weighted by atomic mass is 16.4. The van der Waals surface area contributed by atoms with Gasteiger partial charge in [-0.25, -0.2) is 0 Å². The maximum atomic E-state index is 10.8. The van der Waals surface area contributed by atoms with Crippen molar-refractivity contribution >= 4 is 5.97 Å². The highest BCUT2D eigenvalue weighted by molar-refractivity contribution is 5.71. The molecule has 0 amide bonds. The first-order chi connectivity index (χ1) is 6.95. The number of carbonyl (C=O) groups is 1. The zero-order valence-corrected chi connectivity index (χ0v) is 9.41. The van der Waals surface area contributed by atoms with Gasteiger partial charge in [0.15, 0.2) is 0 Å². The molecule has 3 nitrogen and oxygen atoms in total. The fourth-order valence-corrected chi connectivity index (χ4v) is 1.95. The lowest BCUT2D eigenvalue weighted by Gasteiger charge is -2.21. The molecule has 1 aromatic carbocycles. The summed E-state index contributed by atoms with van der Waals surface area (Å²) in [5, 5.41) is 10.8. The number of aryl methyl sites for hydroxylation is 2. The van der Waals surface area contributed by atoms with E-state index in [2.05, 4.69) is 5.73 Å². The Hall–Kier alpha value is -1.35. The number of benzene rings is 1. The number of quaternary nitrogens is 1.